The lowest BCUT2D eigenvalue weighted by Gasteiger charge is -2.26. The Kier molecular flexibility index (Phi) is 5.11. The van der Waals surface area contributed by atoms with Crippen LogP contribution in [-0.4, -0.2) is 24.8 Å². The van der Waals surface area contributed by atoms with Gasteiger partial charge < -0.3 is 0 Å². The van der Waals surface area contributed by atoms with E-state index >= 15 is 0 Å². The number of hydrogen-bond acceptors (Lipinski definition) is 2. The number of nitrogens with zero attached hydrogens (tertiary/aromatic N) is 1. The van der Waals surface area contributed by atoms with Crippen molar-refractivity contribution in [1.29, 1.82) is 0 Å². The Morgan fingerprint density at radius 1 is 1.25 bits per heavy atom. The molecule has 0 aliphatic heterocycles. The second kappa shape index (κ2) is 6.22. The van der Waals surface area contributed by atoms with Crippen LogP contribution in [-0.2, 0) is 11.0 Å². The molecule has 0 heterocycles. The maximum atomic E-state index is 13.1. The van der Waals surface area contributed by atoms with Crippen LogP contribution >= 0.6 is 0 Å². The van der Waals surface area contributed by atoms with Gasteiger partial charge in [0.2, 0.25) is 0 Å². The van der Waals surface area contributed by atoms with E-state index in [-0.39, 0.29) is 11.3 Å². The van der Waals surface area contributed by atoms with Crippen molar-refractivity contribution in [3.63, 3.8) is 0 Å². The Hall–Kier alpha value is -1.62. The van der Waals surface area contributed by atoms with E-state index in [1.165, 1.54) is 23.1 Å². The van der Waals surface area contributed by atoms with Crippen LogP contribution < -0.4 is 0 Å². The van der Waals surface area contributed by atoms with Crippen molar-refractivity contribution in [3.05, 3.63) is 47.0 Å². The minimum absolute atomic E-state index is 0.0174. The summed E-state index contributed by atoms with van der Waals surface area (Å²) < 4.78 is 39.2. The number of carbonyl (C=O) groups excluding carboxylic acids is 1. The summed E-state index contributed by atoms with van der Waals surface area (Å²) in [7, 11) is 3.19. The largest absolute Gasteiger partial charge is 0.416 e. The maximum Gasteiger partial charge on any atom is 0.416 e. The van der Waals surface area contributed by atoms with Gasteiger partial charge in [0.05, 0.1) is 11.6 Å². The summed E-state index contributed by atoms with van der Waals surface area (Å²) in [4.78, 5) is 13.8. The van der Waals surface area contributed by atoms with E-state index in [1.807, 2.05) is 0 Å². The highest BCUT2D eigenvalue weighted by atomic mass is 19.4. The molecule has 1 unspecified atom stereocenters. The Labute approximate surface area is 116 Å². The van der Waals surface area contributed by atoms with Gasteiger partial charge in [-0.25, -0.2) is 0 Å². The lowest BCUT2D eigenvalue weighted by molar-refractivity contribution is -0.139. The summed E-state index contributed by atoms with van der Waals surface area (Å²) in [6.45, 7) is 3.30. The molecule has 0 saturated heterocycles. The second-order valence-corrected chi connectivity index (χ2v) is 4.79. The monoisotopic (exact) mass is 285 g/mol. The maximum absolute atomic E-state index is 13.1. The molecule has 5 heteroatoms. The molecule has 1 rings (SSSR count). The SMILES string of the molecule is CC=C(C)C(=O)C(c1ccccc1C(F)(F)F)N(C)C. The van der Waals surface area contributed by atoms with E-state index in [0.717, 1.165) is 6.07 Å². The molecule has 0 radical (unpaired) electrons. The summed E-state index contributed by atoms with van der Waals surface area (Å²) in [6, 6.07) is 4.26. The zero-order chi connectivity index (χ0) is 15.5. The van der Waals surface area contributed by atoms with Gasteiger partial charge in [-0.1, -0.05) is 24.3 Å². The number of carbonyl (C=O) groups is 1. The third-order valence-corrected chi connectivity index (χ3v) is 3.15. The number of Topliss-reactive ketones (excluding diaryl/α,β-unsaturated/α-hetero) is 1. The smallest absolute Gasteiger partial charge is 0.296 e. The number of ketones is 1. The van der Waals surface area contributed by atoms with Gasteiger partial charge in [0.25, 0.3) is 0 Å². The molecule has 110 valence electrons. The topological polar surface area (TPSA) is 20.3 Å². The molecule has 0 spiro atoms. The quantitative estimate of drug-likeness (QED) is 0.783. The molecular formula is C15H18F3NO. The average molecular weight is 285 g/mol. The molecule has 0 aliphatic rings. The number of benzene rings is 1. The molecular weight excluding hydrogens is 267 g/mol. The highest BCUT2D eigenvalue weighted by Crippen LogP contribution is 2.36. The molecule has 1 atom stereocenters. The van der Waals surface area contributed by atoms with Gasteiger partial charge in [0.15, 0.2) is 5.78 Å². The Bertz CT molecular complexity index is 518. The second-order valence-electron chi connectivity index (χ2n) is 4.79. The van der Waals surface area contributed by atoms with Crippen LogP contribution in [0, 0.1) is 0 Å². The first-order chi connectivity index (χ1) is 9.20. The lowest BCUT2D eigenvalue weighted by atomic mass is 9.93. The predicted octanol–water partition coefficient (Wildman–Crippen LogP) is 3.84. The lowest BCUT2D eigenvalue weighted by Crippen LogP contribution is -2.30. The summed E-state index contributed by atoms with van der Waals surface area (Å²) in [6.07, 6.45) is -2.87. The fraction of sp³-hybridized carbons (Fsp3) is 0.400. The molecule has 0 N–H and O–H groups in total. The summed E-state index contributed by atoms with van der Waals surface area (Å²) in [5, 5.41) is 0. The first-order valence-electron chi connectivity index (χ1n) is 6.19. The van der Waals surface area contributed by atoms with Crippen LogP contribution in [0.3, 0.4) is 0 Å². The van der Waals surface area contributed by atoms with Crippen molar-refractivity contribution in [1.82, 2.24) is 4.90 Å². The normalized spacial score (nSPS) is 14.5. The van der Waals surface area contributed by atoms with E-state index in [4.69, 9.17) is 0 Å². The van der Waals surface area contributed by atoms with E-state index in [9.17, 15) is 18.0 Å². The van der Waals surface area contributed by atoms with Crippen molar-refractivity contribution in [2.75, 3.05) is 14.1 Å². The fourth-order valence-corrected chi connectivity index (χ4v) is 2.01. The minimum Gasteiger partial charge on any atom is -0.296 e. The van der Waals surface area contributed by atoms with Gasteiger partial charge in [-0.3, -0.25) is 9.69 Å². The number of rotatable bonds is 4. The van der Waals surface area contributed by atoms with Crippen LogP contribution in [0.4, 0.5) is 13.2 Å². The Balaban J connectivity index is 3.41. The molecule has 1 aromatic rings. The average Bonchev–Trinajstić information content (AvgIpc) is 2.36. The zero-order valence-electron chi connectivity index (χ0n) is 12.0. The summed E-state index contributed by atoms with van der Waals surface area (Å²) in [5.74, 6) is -0.325. The van der Waals surface area contributed by atoms with Crippen molar-refractivity contribution in [2.24, 2.45) is 0 Å². The fourth-order valence-electron chi connectivity index (χ4n) is 2.01. The summed E-state index contributed by atoms with van der Waals surface area (Å²) >= 11 is 0. The number of halogens is 3. The van der Waals surface area contributed by atoms with Crippen molar-refractivity contribution < 1.29 is 18.0 Å². The number of allylic oxidation sites excluding steroid dienone is 1. The van der Waals surface area contributed by atoms with Gasteiger partial charge in [-0.05, 0) is 45.1 Å². The van der Waals surface area contributed by atoms with Crippen LogP contribution in [0.2, 0.25) is 0 Å². The highest BCUT2D eigenvalue weighted by Gasteiger charge is 2.37. The van der Waals surface area contributed by atoms with E-state index < -0.39 is 17.8 Å². The first kappa shape index (κ1) is 16.4. The van der Waals surface area contributed by atoms with Crippen LogP contribution in [0.25, 0.3) is 0 Å². The van der Waals surface area contributed by atoms with E-state index in [2.05, 4.69) is 0 Å². The Morgan fingerprint density at radius 2 is 1.80 bits per heavy atom. The molecule has 0 bridgehead atoms. The first-order valence-corrected chi connectivity index (χ1v) is 6.19. The molecule has 0 aliphatic carbocycles. The summed E-state index contributed by atoms with van der Waals surface area (Å²) in [5.41, 5.74) is -0.340. The molecule has 0 amide bonds. The molecule has 0 fully saturated rings. The molecule has 2 nitrogen and oxygen atoms in total. The third kappa shape index (κ3) is 3.48. The molecule has 0 saturated carbocycles. The van der Waals surface area contributed by atoms with Gasteiger partial charge in [-0.15, -0.1) is 0 Å². The van der Waals surface area contributed by atoms with Crippen molar-refractivity contribution >= 4 is 5.78 Å². The molecule has 1 aromatic carbocycles. The van der Waals surface area contributed by atoms with Crippen LogP contribution in [0.1, 0.15) is 31.0 Å². The van der Waals surface area contributed by atoms with Gasteiger partial charge in [-0.2, -0.15) is 13.2 Å². The third-order valence-electron chi connectivity index (χ3n) is 3.15. The highest BCUT2D eigenvalue weighted by molar-refractivity contribution is 5.99. The number of hydrogen-bond donors (Lipinski definition) is 0. The van der Waals surface area contributed by atoms with Crippen LogP contribution in [0.5, 0.6) is 0 Å². The standard InChI is InChI=1S/C15H18F3NO/c1-5-10(2)14(20)13(19(3)4)11-8-6-7-9-12(11)15(16,17)18/h5-9,13H,1-4H3. The Morgan fingerprint density at radius 3 is 2.25 bits per heavy atom. The zero-order valence-corrected chi connectivity index (χ0v) is 12.0. The van der Waals surface area contributed by atoms with E-state index in [0.29, 0.717) is 5.57 Å². The van der Waals surface area contributed by atoms with Crippen molar-refractivity contribution in [2.45, 2.75) is 26.1 Å². The van der Waals surface area contributed by atoms with E-state index in [1.54, 1.807) is 34.0 Å². The molecule has 20 heavy (non-hydrogen) atoms. The predicted molar refractivity (Wildman–Crippen MR) is 72.3 cm³/mol. The minimum atomic E-state index is -4.48. The van der Waals surface area contributed by atoms with Gasteiger partial charge >= 0.3 is 6.18 Å². The van der Waals surface area contributed by atoms with Gasteiger partial charge in [0, 0.05) is 0 Å². The van der Waals surface area contributed by atoms with Crippen molar-refractivity contribution in [3.8, 4) is 0 Å². The molecule has 0 aromatic heterocycles. The van der Waals surface area contributed by atoms with Gasteiger partial charge in [0.1, 0.15) is 0 Å². The number of alkyl halides is 3. The number of likely N-dealkylation sites (N-methyl/N-ethyl adjacent to an activating group) is 1. The van der Waals surface area contributed by atoms with Crippen LogP contribution in [0.15, 0.2) is 35.9 Å².